The molecule has 0 fully saturated rings. The van der Waals surface area contributed by atoms with E-state index in [-0.39, 0.29) is 20.3 Å². The zero-order valence-electron chi connectivity index (χ0n) is 4.28. The van der Waals surface area contributed by atoms with Gasteiger partial charge in [-0.1, -0.05) is 0 Å². The second-order valence-corrected chi connectivity index (χ2v) is 5.20. The van der Waals surface area contributed by atoms with Crippen molar-refractivity contribution >= 4 is 14.1 Å². The molecule has 0 aromatic heterocycles. The number of hydrogen-bond acceptors (Lipinski definition) is 1. The van der Waals surface area contributed by atoms with E-state index in [0.29, 0.717) is 0 Å². The normalized spacial score (nSPS) is 5.40. The van der Waals surface area contributed by atoms with Gasteiger partial charge in [-0.05, 0) is 0 Å². The number of rotatable bonds is 0. The summed E-state index contributed by atoms with van der Waals surface area (Å²) in [5.74, 6) is 6.92. The van der Waals surface area contributed by atoms with Gasteiger partial charge in [-0.2, -0.15) is 0 Å². The SMILES string of the molecule is N.[CH3][Al]([CH3])[CH3]. The van der Waals surface area contributed by atoms with Crippen LogP contribution in [0, 0.1) is 0 Å². The Labute approximate surface area is 38.4 Å². The van der Waals surface area contributed by atoms with Crippen LogP contribution >= 0.6 is 0 Å². The Morgan fingerprint density at radius 3 is 1.00 bits per heavy atom. The predicted octanol–water partition coefficient (Wildman–Crippen LogP) is 1.53. The van der Waals surface area contributed by atoms with Gasteiger partial charge in [0.2, 0.25) is 0 Å². The van der Waals surface area contributed by atoms with Gasteiger partial charge < -0.3 is 6.15 Å². The second-order valence-electron chi connectivity index (χ2n) is 1.73. The average Bonchev–Trinajstić information content (AvgIpc) is 0.811. The standard InChI is InChI=1S/3CH3.Al.H3N/h3*1H3;;1H3. The quantitative estimate of drug-likeness (QED) is 0.449. The molecule has 32 valence electrons. The highest BCUT2D eigenvalue weighted by Crippen LogP contribution is 1.68. The van der Waals surface area contributed by atoms with Gasteiger partial charge in [-0.3, -0.25) is 0 Å². The van der Waals surface area contributed by atoms with Crippen molar-refractivity contribution in [2.45, 2.75) is 17.4 Å². The van der Waals surface area contributed by atoms with Gasteiger partial charge in [0.05, 0.1) is 0 Å². The lowest BCUT2D eigenvalue weighted by Gasteiger charge is -1.67. The van der Waals surface area contributed by atoms with Crippen LogP contribution in [0.1, 0.15) is 0 Å². The summed E-state index contributed by atoms with van der Waals surface area (Å²) in [5, 5.41) is 0. The molecule has 0 rings (SSSR count). The first-order chi connectivity index (χ1) is 1.73. The third-order valence-electron chi connectivity index (χ3n) is 0. The highest BCUT2D eigenvalue weighted by Gasteiger charge is 1.81. The molecule has 0 atom stereocenters. The Balaban J connectivity index is 0. The van der Waals surface area contributed by atoms with Gasteiger partial charge in [0, 0.05) is 0 Å². The van der Waals surface area contributed by atoms with E-state index in [1.807, 2.05) is 0 Å². The molecule has 2 heteroatoms. The first kappa shape index (κ1) is 9.09. The Morgan fingerprint density at radius 1 is 1.00 bits per heavy atom. The highest BCUT2D eigenvalue weighted by atomic mass is 27.2. The largest absolute Gasteiger partial charge is 0.344 e. The molecular weight excluding hydrogens is 77.0 g/mol. The molecule has 0 aliphatic heterocycles. The van der Waals surface area contributed by atoms with E-state index in [9.17, 15) is 0 Å². The molecule has 1 nitrogen and oxygen atoms in total. The molecule has 0 unspecified atom stereocenters. The third kappa shape index (κ3) is 115. The summed E-state index contributed by atoms with van der Waals surface area (Å²) in [6, 6.07) is 0. The van der Waals surface area contributed by atoms with Gasteiger partial charge in [-0.25, -0.2) is 0 Å². The van der Waals surface area contributed by atoms with Gasteiger partial charge in [0.25, 0.3) is 14.1 Å². The fourth-order valence-corrected chi connectivity index (χ4v) is 0. The summed E-state index contributed by atoms with van der Waals surface area (Å²) in [6.45, 7) is 0. The van der Waals surface area contributed by atoms with Crippen LogP contribution in [0.4, 0.5) is 0 Å². The van der Waals surface area contributed by atoms with E-state index >= 15 is 0 Å². The van der Waals surface area contributed by atoms with Gasteiger partial charge in [-0.15, -0.1) is 17.4 Å². The lowest BCUT2D eigenvalue weighted by Crippen LogP contribution is -1.84. The molecule has 3 N–H and O–H groups in total. The smallest absolute Gasteiger partial charge is 0.251 e. The first-order valence-corrected chi connectivity index (χ1v) is 5.20. The fourth-order valence-electron chi connectivity index (χ4n) is 0. The molecule has 0 saturated heterocycles. The van der Waals surface area contributed by atoms with Crippen LogP contribution in [0.2, 0.25) is 17.4 Å². The molecule has 0 aliphatic rings. The van der Waals surface area contributed by atoms with Gasteiger partial charge in [0.1, 0.15) is 0 Å². The van der Waals surface area contributed by atoms with E-state index in [0.717, 1.165) is 0 Å². The zero-order chi connectivity index (χ0) is 3.58. The minimum atomic E-state index is -0.139. The molecule has 5 heavy (non-hydrogen) atoms. The average molecular weight is 89.1 g/mol. The van der Waals surface area contributed by atoms with Crippen LogP contribution in [-0.4, -0.2) is 14.1 Å². The van der Waals surface area contributed by atoms with E-state index in [1.54, 1.807) is 0 Å². The lowest BCUT2D eigenvalue weighted by atomic mass is 11.8. The molecule has 0 amide bonds. The molecule has 0 aromatic carbocycles. The summed E-state index contributed by atoms with van der Waals surface area (Å²) in [5.41, 5.74) is 0. The van der Waals surface area contributed by atoms with Crippen molar-refractivity contribution in [3.8, 4) is 0 Å². The fraction of sp³-hybridized carbons (Fsp3) is 1.00. The van der Waals surface area contributed by atoms with Crippen molar-refractivity contribution in [2.75, 3.05) is 0 Å². The predicted molar refractivity (Wildman–Crippen MR) is 28.4 cm³/mol. The molecule has 0 saturated carbocycles. The van der Waals surface area contributed by atoms with Crippen molar-refractivity contribution in [1.82, 2.24) is 6.15 Å². The monoisotopic (exact) mass is 89.1 g/mol. The Hall–Kier alpha value is 0.492. The molecular formula is C3H12AlN. The first-order valence-electron chi connectivity index (χ1n) is 1.73. The highest BCUT2D eigenvalue weighted by molar-refractivity contribution is 6.54. The summed E-state index contributed by atoms with van der Waals surface area (Å²) in [4.78, 5) is 0. The lowest BCUT2D eigenvalue weighted by molar-refractivity contribution is 1.91. The van der Waals surface area contributed by atoms with Crippen molar-refractivity contribution < 1.29 is 0 Å². The van der Waals surface area contributed by atoms with Crippen LogP contribution < -0.4 is 6.15 Å². The van der Waals surface area contributed by atoms with Crippen molar-refractivity contribution in [3.05, 3.63) is 0 Å². The minimum Gasteiger partial charge on any atom is -0.344 e. The maximum absolute atomic E-state index is 2.31. The topological polar surface area (TPSA) is 35.0 Å². The summed E-state index contributed by atoms with van der Waals surface area (Å²) in [6.07, 6.45) is 0. The Kier molecular flexibility index (Phi) is 8.17. The van der Waals surface area contributed by atoms with Gasteiger partial charge >= 0.3 is 0 Å². The molecule has 0 heterocycles. The Bertz CT molecular complexity index is 11.6. The van der Waals surface area contributed by atoms with Crippen molar-refractivity contribution in [2.24, 2.45) is 0 Å². The molecule has 0 spiro atoms. The maximum atomic E-state index is 2.31. The van der Waals surface area contributed by atoms with E-state index in [4.69, 9.17) is 0 Å². The van der Waals surface area contributed by atoms with Crippen molar-refractivity contribution in [3.63, 3.8) is 0 Å². The van der Waals surface area contributed by atoms with Gasteiger partial charge in [0.15, 0.2) is 0 Å². The van der Waals surface area contributed by atoms with E-state index in [1.165, 1.54) is 0 Å². The number of hydrogen-bond donors (Lipinski definition) is 1. The maximum Gasteiger partial charge on any atom is 0.251 e. The summed E-state index contributed by atoms with van der Waals surface area (Å²) >= 11 is -0.139. The Morgan fingerprint density at radius 2 is 1.00 bits per heavy atom. The molecule has 0 aliphatic carbocycles. The van der Waals surface area contributed by atoms with Crippen LogP contribution in [0.3, 0.4) is 0 Å². The van der Waals surface area contributed by atoms with Crippen molar-refractivity contribution in [1.29, 1.82) is 0 Å². The van der Waals surface area contributed by atoms with Crippen LogP contribution in [-0.2, 0) is 0 Å². The van der Waals surface area contributed by atoms with Crippen LogP contribution in [0.25, 0.3) is 0 Å². The molecule has 0 bridgehead atoms. The zero-order valence-corrected chi connectivity index (χ0v) is 5.44. The van der Waals surface area contributed by atoms with E-state index < -0.39 is 0 Å². The third-order valence-corrected chi connectivity index (χ3v) is 0. The summed E-state index contributed by atoms with van der Waals surface area (Å²) < 4.78 is 0. The summed E-state index contributed by atoms with van der Waals surface area (Å²) in [7, 11) is 0. The second kappa shape index (κ2) is 4.49. The van der Waals surface area contributed by atoms with Crippen LogP contribution in [0.5, 0.6) is 0 Å². The minimum absolute atomic E-state index is 0. The van der Waals surface area contributed by atoms with E-state index in [2.05, 4.69) is 17.4 Å². The molecule has 0 aromatic rings. The van der Waals surface area contributed by atoms with Crippen LogP contribution in [0.15, 0.2) is 0 Å². The molecule has 0 radical (unpaired) electrons.